The Bertz CT molecular complexity index is 340. The second-order valence-corrected chi connectivity index (χ2v) is 7.72. The molecule has 1 amide bonds. The van der Waals surface area contributed by atoms with Gasteiger partial charge in [-0.1, -0.05) is 41.0 Å². The highest BCUT2D eigenvalue weighted by Gasteiger charge is 2.44. The second-order valence-electron chi connectivity index (χ2n) is 7.72. The summed E-state index contributed by atoms with van der Waals surface area (Å²) in [6.45, 7) is 11.2. The van der Waals surface area contributed by atoms with Gasteiger partial charge in [0.25, 0.3) is 0 Å². The van der Waals surface area contributed by atoms with Crippen LogP contribution in [0.4, 0.5) is 0 Å². The lowest BCUT2D eigenvalue weighted by Crippen LogP contribution is -2.46. The zero-order valence-corrected chi connectivity index (χ0v) is 13.9. The molecule has 4 atom stereocenters. The van der Waals surface area contributed by atoms with Crippen LogP contribution in [0.5, 0.6) is 0 Å². The van der Waals surface area contributed by atoms with Crippen LogP contribution in [0.2, 0.25) is 0 Å². The van der Waals surface area contributed by atoms with E-state index in [1.807, 2.05) is 0 Å². The highest BCUT2D eigenvalue weighted by Crippen LogP contribution is 2.34. The van der Waals surface area contributed by atoms with Gasteiger partial charge < -0.3 is 4.90 Å². The van der Waals surface area contributed by atoms with E-state index in [9.17, 15) is 4.79 Å². The largest absolute Gasteiger partial charge is 0.323 e. The van der Waals surface area contributed by atoms with Crippen molar-refractivity contribution in [2.24, 2.45) is 17.8 Å². The molecular formula is C17H32N2O. The normalized spacial score (nSPS) is 34.8. The number of nitrogens with zero attached hydrogens (tertiary/aromatic N) is 1. The Morgan fingerprint density at radius 2 is 1.80 bits per heavy atom. The highest BCUT2D eigenvalue weighted by atomic mass is 16.2. The number of hydrogen-bond donors (Lipinski definition) is 1. The molecule has 2 fully saturated rings. The molecular weight excluding hydrogens is 248 g/mol. The van der Waals surface area contributed by atoms with Crippen molar-refractivity contribution in [1.82, 2.24) is 10.2 Å². The summed E-state index contributed by atoms with van der Waals surface area (Å²) in [6.07, 6.45) is 6.04. The first-order valence-electron chi connectivity index (χ1n) is 8.48. The number of nitrogens with one attached hydrogen (secondary N) is 1. The van der Waals surface area contributed by atoms with E-state index >= 15 is 0 Å². The van der Waals surface area contributed by atoms with Gasteiger partial charge in [-0.15, -0.1) is 0 Å². The molecule has 2 rings (SSSR count). The summed E-state index contributed by atoms with van der Waals surface area (Å²) < 4.78 is 0. The number of carbonyl (C=O) groups is 1. The molecule has 1 saturated carbocycles. The van der Waals surface area contributed by atoms with E-state index in [0.717, 1.165) is 12.8 Å². The Kier molecular flexibility index (Phi) is 5.11. The van der Waals surface area contributed by atoms with Crippen molar-refractivity contribution in [2.45, 2.75) is 85.0 Å². The van der Waals surface area contributed by atoms with Gasteiger partial charge in [-0.3, -0.25) is 10.1 Å². The van der Waals surface area contributed by atoms with Crippen LogP contribution in [0.3, 0.4) is 0 Å². The third-order valence-electron chi connectivity index (χ3n) is 4.86. The smallest absolute Gasteiger partial charge is 0.241 e. The third kappa shape index (κ3) is 3.36. The minimum absolute atomic E-state index is 0.0477. The lowest BCUT2D eigenvalue weighted by molar-refractivity contribution is -0.133. The van der Waals surface area contributed by atoms with Crippen molar-refractivity contribution in [3.63, 3.8) is 0 Å². The third-order valence-corrected chi connectivity index (χ3v) is 4.86. The zero-order chi connectivity index (χ0) is 14.9. The Hall–Kier alpha value is -0.570. The molecule has 0 aromatic carbocycles. The lowest BCUT2D eigenvalue weighted by Gasteiger charge is -2.33. The minimum atomic E-state index is 0.0477. The first kappa shape index (κ1) is 15.8. The molecule has 0 aromatic heterocycles. The molecule has 20 heavy (non-hydrogen) atoms. The summed E-state index contributed by atoms with van der Waals surface area (Å²) in [7, 11) is 0. The summed E-state index contributed by atoms with van der Waals surface area (Å²) in [5, 5.41) is 3.63. The SMILES string of the molecule is CC(C)CC1NC(CC(C)C)N(C2CCCC2C)C1=O. The van der Waals surface area contributed by atoms with E-state index in [1.165, 1.54) is 19.3 Å². The first-order chi connectivity index (χ1) is 9.40. The van der Waals surface area contributed by atoms with Gasteiger partial charge in [0.1, 0.15) is 0 Å². The van der Waals surface area contributed by atoms with Gasteiger partial charge in [-0.2, -0.15) is 0 Å². The molecule has 4 unspecified atom stereocenters. The van der Waals surface area contributed by atoms with Crippen molar-refractivity contribution in [3.05, 3.63) is 0 Å². The average molecular weight is 280 g/mol. The van der Waals surface area contributed by atoms with E-state index in [0.29, 0.717) is 29.7 Å². The van der Waals surface area contributed by atoms with Crippen molar-refractivity contribution in [1.29, 1.82) is 0 Å². The summed E-state index contributed by atoms with van der Waals surface area (Å²) in [5.74, 6) is 2.21. The summed E-state index contributed by atoms with van der Waals surface area (Å²) >= 11 is 0. The van der Waals surface area contributed by atoms with E-state index in [4.69, 9.17) is 0 Å². The van der Waals surface area contributed by atoms with Crippen LogP contribution in [0.1, 0.15) is 66.7 Å². The molecule has 1 aliphatic carbocycles. The van der Waals surface area contributed by atoms with Crippen LogP contribution >= 0.6 is 0 Å². The van der Waals surface area contributed by atoms with Gasteiger partial charge in [-0.05, 0) is 43.4 Å². The lowest BCUT2D eigenvalue weighted by atomic mass is 10.0. The molecule has 2 aliphatic rings. The summed E-state index contributed by atoms with van der Waals surface area (Å²) in [6, 6.07) is 0.516. The monoisotopic (exact) mass is 280 g/mol. The molecule has 116 valence electrons. The summed E-state index contributed by atoms with van der Waals surface area (Å²) in [4.78, 5) is 15.1. The fraction of sp³-hybridized carbons (Fsp3) is 0.941. The quantitative estimate of drug-likeness (QED) is 0.837. The highest BCUT2D eigenvalue weighted by molar-refractivity contribution is 5.84. The van der Waals surface area contributed by atoms with Crippen molar-refractivity contribution in [3.8, 4) is 0 Å². The van der Waals surface area contributed by atoms with Gasteiger partial charge in [0, 0.05) is 6.04 Å². The Morgan fingerprint density at radius 1 is 1.15 bits per heavy atom. The second kappa shape index (κ2) is 6.46. The Balaban J connectivity index is 2.13. The molecule has 0 aromatic rings. The van der Waals surface area contributed by atoms with Crippen LogP contribution < -0.4 is 5.32 Å². The predicted molar refractivity (Wildman–Crippen MR) is 83.3 cm³/mol. The Labute approximate surface area is 124 Å². The molecule has 1 heterocycles. The van der Waals surface area contributed by atoms with E-state index < -0.39 is 0 Å². The van der Waals surface area contributed by atoms with Gasteiger partial charge in [0.15, 0.2) is 0 Å². The van der Waals surface area contributed by atoms with Crippen LogP contribution in [0.25, 0.3) is 0 Å². The van der Waals surface area contributed by atoms with Crippen LogP contribution in [-0.4, -0.2) is 29.1 Å². The fourth-order valence-corrected chi connectivity index (χ4v) is 3.92. The maximum atomic E-state index is 12.8. The topological polar surface area (TPSA) is 32.3 Å². The van der Waals surface area contributed by atoms with E-state index in [-0.39, 0.29) is 12.2 Å². The molecule has 1 N–H and O–H groups in total. The van der Waals surface area contributed by atoms with Crippen molar-refractivity contribution >= 4 is 5.91 Å². The van der Waals surface area contributed by atoms with Gasteiger partial charge >= 0.3 is 0 Å². The summed E-state index contributed by atoms with van der Waals surface area (Å²) in [5.41, 5.74) is 0. The van der Waals surface area contributed by atoms with E-state index in [1.54, 1.807) is 0 Å². The van der Waals surface area contributed by atoms with Gasteiger partial charge in [0.05, 0.1) is 12.2 Å². The molecule has 0 bridgehead atoms. The van der Waals surface area contributed by atoms with Crippen molar-refractivity contribution < 1.29 is 4.79 Å². The molecule has 3 heteroatoms. The molecule has 1 saturated heterocycles. The van der Waals surface area contributed by atoms with Gasteiger partial charge in [0.2, 0.25) is 5.91 Å². The minimum Gasteiger partial charge on any atom is -0.323 e. The maximum absolute atomic E-state index is 12.8. The van der Waals surface area contributed by atoms with Crippen LogP contribution in [0, 0.1) is 17.8 Å². The number of rotatable bonds is 5. The number of amides is 1. The molecule has 0 spiro atoms. The standard InChI is InChI=1S/C17H32N2O/c1-11(2)9-14-17(20)19(15-8-6-7-13(15)5)16(18-14)10-12(3)4/h11-16,18H,6-10H2,1-5H3. The van der Waals surface area contributed by atoms with Crippen molar-refractivity contribution in [2.75, 3.05) is 0 Å². The Morgan fingerprint density at radius 3 is 2.30 bits per heavy atom. The zero-order valence-electron chi connectivity index (χ0n) is 13.9. The van der Waals surface area contributed by atoms with Crippen LogP contribution in [0.15, 0.2) is 0 Å². The van der Waals surface area contributed by atoms with Gasteiger partial charge in [-0.25, -0.2) is 0 Å². The molecule has 0 radical (unpaired) electrons. The number of hydrogen-bond acceptors (Lipinski definition) is 2. The first-order valence-corrected chi connectivity index (χ1v) is 8.48. The maximum Gasteiger partial charge on any atom is 0.241 e. The van der Waals surface area contributed by atoms with Crippen LogP contribution in [-0.2, 0) is 4.79 Å². The molecule has 1 aliphatic heterocycles. The number of carbonyl (C=O) groups excluding carboxylic acids is 1. The average Bonchev–Trinajstić information content (AvgIpc) is 2.84. The predicted octanol–water partition coefficient (Wildman–Crippen LogP) is 3.39. The molecule has 3 nitrogen and oxygen atoms in total. The fourth-order valence-electron chi connectivity index (χ4n) is 3.92. The van der Waals surface area contributed by atoms with E-state index in [2.05, 4.69) is 44.8 Å².